The molecule has 1 aliphatic rings. The van der Waals surface area contributed by atoms with Crippen LogP contribution in [0.4, 0.5) is 5.82 Å². The zero-order chi connectivity index (χ0) is 16.1. The third-order valence-electron chi connectivity index (χ3n) is 4.60. The average Bonchev–Trinajstić information content (AvgIpc) is 3.16. The number of nitrogens with two attached hydrogens (primary N) is 1. The predicted molar refractivity (Wildman–Crippen MR) is 98.2 cm³/mol. The molecule has 0 saturated heterocycles. The summed E-state index contributed by atoms with van der Waals surface area (Å²) in [6, 6.07) is 12.3. The second-order valence-corrected chi connectivity index (χ2v) is 6.28. The van der Waals surface area contributed by atoms with E-state index in [9.17, 15) is 4.79 Å². The summed E-state index contributed by atoms with van der Waals surface area (Å²) in [5, 5.41) is 7.29. The summed E-state index contributed by atoms with van der Waals surface area (Å²) < 4.78 is 1.85. The summed E-state index contributed by atoms with van der Waals surface area (Å²) in [7, 11) is 0. The van der Waals surface area contributed by atoms with Crippen molar-refractivity contribution in [1.82, 2.24) is 9.78 Å². The van der Waals surface area contributed by atoms with Gasteiger partial charge in [0.15, 0.2) is 0 Å². The monoisotopic (exact) mass is 348 g/mol. The number of carbonyl (C=O) groups excluding carboxylic acids is 1. The van der Waals surface area contributed by atoms with Gasteiger partial charge in [-0.1, -0.05) is 36.8 Å². The van der Waals surface area contributed by atoms with E-state index in [4.69, 9.17) is 5.73 Å². The van der Waals surface area contributed by atoms with Crippen LogP contribution in [0.25, 0.3) is 0 Å². The number of nitrogens with zero attached hydrogens (tertiary/aromatic N) is 2. The largest absolute Gasteiger partial charge is 0.327 e. The first-order valence-corrected chi connectivity index (χ1v) is 8.33. The second kappa shape index (κ2) is 8.85. The van der Waals surface area contributed by atoms with Crippen LogP contribution >= 0.6 is 12.4 Å². The molecule has 0 bridgehead atoms. The predicted octanol–water partition coefficient (Wildman–Crippen LogP) is 3.00. The third-order valence-corrected chi connectivity index (χ3v) is 4.60. The van der Waals surface area contributed by atoms with Crippen molar-refractivity contribution in [2.24, 2.45) is 11.7 Å². The molecule has 24 heavy (non-hydrogen) atoms. The van der Waals surface area contributed by atoms with Crippen LogP contribution < -0.4 is 11.1 Å². The summed E-state index contributed by atoms with van der Waals surface area (Å²) >= 11 is 0. The Morgan fingerprint density at radius 1 is 1.25 bits per heavy atom. The van der Waals surface area contributed by atoms with Crippen LogP contribution in [0.15, 0.2) is 42.6 Å². The molecule has 0 aliphatic heterocycles. The number of aryl methyl sites for hydroxylation is 2. The van der Waals surface area contributed by atoms with Gasteiger partial charge >= 0.3 is 0 Å². The molecule has 0 spiro atoms. The first-order chi connectivity index (χ1) is 11.2. The topological polar surface area (TPSA) is 72.9 Å². The minimum atomic E-state index is 0. The van der Waals surface area contributed by atoms with Crippen molar-refractivity contribution in [3.8, 4) is 0 Å². The number of hydrogen-bond donors (Lipinski definition) is 2. The smallest absolute Gasteiger partial charge is 0.225 e. The van der Waals surface area contributed by atoms with E-state index < -0.39 is 0 Å². The lowest BCUT2D eigenvalue weighted by molar-refractivity contribution is -0.117. The number of halogens is 1. The molecule has 3 N–H and O–H groups in total. The fourth-order valence-corrected chi connectivity index (χ4v) is 3.25. The standard InChI is InChI=1S/C18H24N4O.ClH/c19-16-8-4-7-15(16)13-18(23)21-17-9-11-20-22(17)12-10-14-5-2-1-3-6-14;/h1-3,5-6,9,11,15-16H,4,7-8,10,12-13,19H2,(H,21,23);1H/t15-,16+;/m0./s1. The van der Waals surface area contributed by atoms with Gasteiger partial charge in [0.2, 0.25) is 5.91 Å². The maximum absolute atomic E-state index is 12.2. The molecule has 1 aromatic heterocycles. The quantitative estimate of drug-likeness (QED) is 0.842. The van der Waals surface area contributed by atoms with Crippen molar-refractivity contribution in [1.29, 1.82) is 0 Å². The van der Waals surface area contributed by atoms with E-state index in [2.05, 4.69) is 22.5 Å². The molecule has 1 fully saturated rings. The van der Waals surface area contributed by atoms with E-state index in [-0.39, 0.29) is 24.4 Å². The highest BCUT2D eigenvalue weighted by Gasteiger charge is 2.26. The van der Waals surface area contributed by atoms with Gasteiger partial charge in [0, 0.05) is 25.1 Å². The number of amides is 1. The first-order valence-electron chi connectivity index (χ1n) is 8.33. The Balaban J connectivity index is 0.00000208. The van der Waals surface area contributed by atoms with E-state index in [1.165, 1.54) is 5.56 Å². The maximum atomic E-state index is 12.2. The Bertz CT molecular complexity index is 643. The molecular weight excluding hydrogens is 324 g/mol. The van der Waals surface area contributed by atoms with Crippen LogP contribution in [-0.4, -0.2) is 21.7 Å². The van der Waals surface area contributed by atoms with Gasteiger partial charge in [-0.2, -0.15) is 5.10 Å². The zero-order valence-electron chi connectivity index (χ0n) is 13.7. The lowest BCUT2D eigenvalue weighted by Crippen LogP contribution is -2.28. The fourth-order valence-electron chi connectivity index (χ4n) is 3.25. The molecule has 1 saturated carbocycles. The van der Waals surface area contributed by atoms with Crippen LogP contribution in [0, 0.1) is 5.92 Å². The number of nitrogens with one attached hydrogen (secondary N) is 1. The summed E-state index contributed by atoms with van der Waals surface area (Å²) in [5.41, 5.74) is 7.31. The van der Waals surface area contributed by atoms with E-state index in [1.807, 2.05) is 28.9 Å². The minimum Gasteiger partial charge on any atom is -0.327 e. The second-order valence-electron chi connectivity index (χ2n) is 6.28. The maximum Gasteiger partial charge on any atom is 0.225 e. The number of benzene rings is 1. The molecule has 3 rings (SSSR count). The Kier molecular flexibility index (Phi) is 6.82. The van der Waals surface area contributed by atoms with Crippen molar-refractivity contribution < 1.29 is 4.79 Å². The highest BCUT2D eigenvalue weighted by Crippen LogP contribution is 2.27. The molecule has 2 aromatic rings. The molecule has 0 unspecified atom stereocenters. The molecule has 0 radical (unpaired) electrons. The molecule has 1 heterocycles. The van der Waals surface area contributed by atoms with Crippen molar-refractivity contribution in [2.75, 3.05) is 5.32 Å². The first kappa shape index (κ1) is 18.5. The molecule has 2 atom stereocenters. The van der Waals surface area contributed by atoms with E-state index >= 15 is 0 Å². The van der Waals surface area contributed by atoms with Gasteiger partial charge < -0.3 is 11.1 Å². The van der Waals surface area contributed by atoms with Crippen molar-refractivity contribution in [3.63, 3.8) is 0 Å². The Morgan fingerprint density at radius 3 is 2.75 bits per heavy atom. The van der Waals surface area contributed by atoms with E-state index in [0.717, 1.165) is 38.0 Å². The number of anilines is 1. The molecule has 1 aliphatic carbocycles. The molecule has 1 aromatic carbocycles. The van der Waals surface area contributed by atoms with Gasteiger partial charge in [0.05, 0.1) is 6.20 Å². The van der Waals surface area contributed by atoms with Gasteiger partial charge in [-0.15, -0.1) is 12.4 Å². The van der Waals surface area contributed by atoms with Gasteiger partial charge in [-0.3, -0.25) is 4.79 Å². The zero-order valence-corrected chi connectivity index (χ0v) is 14.5. The average molecular weight is 349 g/mol. The van der Waals surface area contributed by atoms with Gasteiger partial charge in [-0.25, -0.2) is 4.68 Å². The van der Waals surface area contributed by atoms with Gasteiger partial charge in [0.1, 0.15) is 5.82 Å². The van der Waals surface area contributed by atoms with Crippen molar-refractivity contribution >= 4 is 24.1 Å². The highest BCUT2D eigenvalue weighted by molar-refractivity contribution is 5.90. The van der Waals surface area contributed by atoms with Crippen molar-refractivity contribution in [2.45, 2.75) is 44.7 Å². The van der Waals surface area contributed by atoms with E-state index in [1.54, 1.807) is 6.20 Å². The van der Waals surface area contributed by atoms with Gasteiger partial charge in [0.25, 0.3) is 0 Å². The lowest BCUT2D eigenvalue weighted by atomic mass is 10.00. The highest BCUT2D eigenvalue weighted by atomic mass is 35.5. The number of hydrogen-bond acceptors (Lipinski definition) is 3. The summed E-state index contributed by atoms with van der Waals surface area (Å²) in [6.07, 6.45) is 6.34. The van der Waals surface area contributed by atoms with E-state index in [0.29, 0.717) is 12.3 Å². The fraction of sp³-hybridized carbons (Fsp3) is 0.444. The lowest BCUT2D eigenvalue weighted by Gasteiger charge is -2.15. The summed E-state index contributed by atoms with van der Waals surface area (Å²) in [5.74, 6) is 1.11. The molecule has 6 heteroatoms. The summed E-state index contributed by atoms with van der Waals surface area (Å²) in [6.45, 7) is 0.746. The third kappa shape index (κ3) is 4.82. The molecular formula is C18H25ClN4O. The number of carbonyl (C=O) groups is 1. The van der Waals surface area contributed by atoms with Crippen LogP contribution in [0.5, 0.6) is 0 Å². The normalized spacial score (nSPS) is 19.7. The van der Waals surface area contributed by atoms with Crippen molar-refractivity contribution in [3.05, 3.63) is 48.2 Å². The Labute approximate surface area is 149 Å². The SMILES string of the molecule is Cl.N[C@@H]1CCC[C@H]1CC(=O)Nc1ccnn1CCc1ccccc1. The van der Waals surface area contributed by atoms with Crippen LogP contribution in [0.1, 0.15) is 31.2 Å². The number of rotatable bonds is 6. The summed E-state index contributed by atoms with van der Waals surface area (Å²) in [4.78, 5) is 12.2. The van der Waals surface area contributed by atoms with Crippen LogP contribution in [-0.2, 0) is 17.8 Å². The minimum absolute atomic E-state index is 0. The molecule has 130 valence electrons. The Hall–Kier alpha value is -1.85. The molecule has 1 amide bonds. The van der Waals surface area contributed by atoms with Gasteiger partial charge in [-0.05, 0) is 30.7 Å². The van der Waals surface area contributed by atoms with Crippen LogP contribution in [0.2, 0.25) is 0 Å². The Morgan fingerprint density at radius 2 is 2.04 bits per heavy atom. The number of aromatic nitrogens is 2. The van der Waals surface area contributed by atoms with Crippen LogP contribution in [0.3, 0.4) is 0 Å². The molecule has 5 nitrogen and oxygen atoms in total.